The molecule has 0 aromatic carbocycles. The highest BCUT2D eigenvalue weighted by Gasteiger charge is 2.04. The fourth-order valence-corrected chi connectivity index (χ4v) is 1.24. The zero-order valence-electron chi connectivity index (χ0n) is 7.62. The predicted octanol–water partition coefficient (Wildman–Crippen LogP) is 1.51. The summed E-state index contributed by atoms with van der Waals surface area (Å²) >= 11 is 0. The van der Waals surface area contributed by atoms with Crippen molar-refractivity contribution in [2.75, 3.05) is 23.7 Å². The Kier molecular flexibility index (Phi) is 2.91. The highest BCUT2D eigenvalue weighted by molar-refractivity contribution is 5.62. The molecule has 1 aromatic heterocycles. The molecule has 1 heterocycles. The van der Waals surface area contributed by atoms with Crippen molar-refractivity contribution < 1.29 is 0 Å². The molecule has 1 rings (SSSR count). The van der Waals surface area contributed by atoms with Gasteiger partial charge in [-0.2, -0.15) is 0 Å². The number of hydrogen-bond acceptors (Lipinski definition) is 3. The van der Waals surface area contributed by atoms with Gasteiger partial charge in [-0.05, 0) is 26.0 Å². The summed E-state index contributed by atoms with van der Waals surface area (Å²) in [6, 6.07) is 3.90. The van der Waals surface area contributed by atoms with Gasteiger partial charge in [0.2, 0.25) is 0 Å². The number of pyridine rings is 1. The molecule has 12 heavy (non-hydrogen) atoms. The summed E-state index contributed by atoms with van der Waals surface area (Å²) in [7, 11) is 0. The molecule has 0 saturated carbocycles. The number of anilines is 2. The maximum atomic E-state index is 5.72. The molecule has 0 aliphatic rings. The van der Waals surface area contributed by atoms with Crippen molar-refractivity contribution in [1.82, 2.24) is 4.98 Å². The topological polar surface area (TPSA) is 42.2 Å². The van der Waals surface area contributed by atoms with Gasteiger partial charge in [0.15, 0.2) is 0 Å². The van der Waals surface area contributed by atoms with Crippen LogP contribution in [-0.4, -0.2) is 18.1 Å². The van der Waals surface area contributed by atoms with Gasteiger partial charge in [-0.15, -0.1) is 0 Å². The van der Waals surface area contributed by atoms with Gasteiger partial charge >= 0.3 is 0 Å². The van der Waals surface area contributed by atoms with Crippen LogP contribution in [0.5, 0.6) is 0 Å². The Balaban J connectivity index is 2.92. The van der Waals surface area contributed by atoms with E-state index in [4.69, 9.17) is 5.73 Å². The van der Waals surface area contributed by atoms with Crippen LogP contribution in [-0.2, 0) is 0 Å². The van der Waals surface area contributed by atoms with Gasteiger partial charge in [-0.25, -0.2) is 4.98 Å². The third-order valence-corrected chi connectivity index (χ3v) is 1.92. The van der Waals surface area contributed by atoms with Crippen LogP contribution in [0.15, 0.2) is 18.3 Å². The van der Waals surface area contributed by atoms with Crippen LogP contribution in [0, 0.1) is 0 Å². The Morgan fingerprint density at radius 1 is 1.42 bits per heavy atom. The van der Waals surface area contributed by atoms with Gasteiger partial charge < -0.3 is 10.6 Å². The average molecular weight is 165 g/mol. The van der Waals surface area contributed by atoms with Gasteiger partial charge in [0, 0.05) is 19.3 Å². The first-order valence-electron chi connectivity index (χ1n) is 4.25. The minimum Gasteiger partial charge on any atom is -0.382 e. The standard InChI is InChI=1S/C9H15N3/c1-3-12(4-2)8-6-5-7-11-9(8)10/h5-7H,3-4H2,1-2H3,(H2,10,11). The molecule has 0 bridgehead atoms. The predicted molar refractivity (Wildman–Crippen MR) is 52.2 cm³/mol. The molecule has 2 N–H and O–H groups in total. The number of hydrogen-bond donors (Lipinski definition) is 1. The highest BCUT2D eigenvalue weighted by Crippen LogP contribution is 2.18. The largest absolute Gasteiger partial charge is 0.382 e. The molecule has 0 spiro atoms. The van der Waals surface area contributed by atoms with Crippen molar-refractivity contribution >= 4 is 11.5 Å². The first kappa shape index (κ1) is 8.84. The molecule has 66 valence electrons. The van der Waals surface area contributed by atoms with Crippen molar-refractivity contribution in [3.8, 4) is 0 Å². The van der Waals surface area contributed by atoms with Crippen LogP contribution >= 0.6 is 0 Å². The lowest BCUT2D eigenvalue weighted by Crippen LogP contribution is -2.23. The lowest BCUT2D eigenvalue weighted by atomic mass is 10.3. The van der Waals surface area contributed by atoms with E-state index < -0.39 is 0 Å². The molecular weight excluding hydrogens is 150 g/mol. The summed E-state index contributed by atoms with van der Waals surface area (Å²) in [5.41, 5.74) is 6.75. The number of nitrogen functional groups attached to an aromatic ring is 1. The van der Waals surface area contributed by atoms with Crippen LogP contribution in [0.25, 0.3) is 0 Å². The molecule has 1 aromatic rings. The summed E-state index contributed by atoms with van der Waals surface area (Å²) in [4.78, 5) is 6.21. The van der Waals surface area contributed by atoms with E-state index in [-0.39, 0.29) is 0 Å². The second-order valence-corrected chi connectivity index (χ2v) is 2.58. The Morgan fingerprint density at radius 3 is 2.58 bits per heavy atom. The third-order valence-electron chi connectivity index (χ3n) is 1.92. The van der Waals surface area contributed by atoms with E-state index in [0.29, 0.717) is 5.82 Å². The van der Waals surface area contributed by atoms with E-state index in [1.807, 2.05) is 12.1 Å². The van der Waals surface area contributed by atoms with Gasteiger partial charge in [-0.1, -0.05) is 0 Å². The van der Waals surface area contributed by atoms with Crippen molar-refractivity contribution in [2.45, 2.75) is 13.8 Å². The fourth-order valence-electron chi connectivity index (χ4n) is 1.24. The van der Waals surface area contributed by atoms with E-state index in [1.54, 1.807) is 6.20 Å². The highest BCUT2D eigenvalue weighted by atomic mass is 15.1. The molecule has 3 nitrogen and oxygen atoms in total. The zero-order valence-corrected chi connectivity index (χ0v) is 7.62. The fraction of sp³-hybridized carbons (Fsp3) is 0.444. The molecule has 0 aliphatic carbocycles. The molecule has 0 aliphatic heterocycles. The number of nitrogens with zero attached hydrogens (tertiary/aromatic N) is 2. The van der Waals surface area contributed by atoms with Crippen LogP contribution in [0.4, 0.5) is 11.5 Å². The van der Waals surface area contributed by atoms with Crippen molar-refractivity contribution in [2.24, 2.45) is 0 Å². The number of aromatic nitrogens is 1. The van der Waals surface area contributed by atoms with Crippen molar-refractivity contribution in [3.63, 3.8) is 0 Å². The van der Waals surface area contributed by atoms with Crippen LogP contribution in [0.1, 0.15) is 13.8 Å². The molecule has 0 fully saturated rings. The van der Waals surface area contributed by atoms with Gasteiger partial charge in [0.25, 0.3) is 0 Å². The second kappa shape index (κ2) is 3.95. The van der Waals surface area contributed by atoms with Gasteiger partial charge in [0.1, 0.15) is 5.82 Å². The van der Waals surface area contributed by atoms with Crippen molar-refractivity contribution in [3.05, 3.63) is 18.3 Å². The maximum Gasteiger partial charge on any atom is 0.146 e. The Bertz CT molecular complexity index is 243. The summed E-state index contributed by atoms with van der Waals surface area (Å²) in [6.45, 7) is 6.14. The zero-order chi connectivity index (χ0) is 8.97. The molecular formula is C9H15N3. The lowest BCUT2D eigenvalue weighted by Gasteiger charge is -2.21. The SMILES string of the molecule is CCN(CC)c1cccnc1N. The quantitative estimate of drug-likeness (QED) is 0.738. The van der Waals surface area contributed by atoms with Gasteiger partial charge in [0.05, 0.1) is 5.69 Å². The molecule has 0 saturated heterocycles. The Labute approximate surface area is 73.2 Å². The number of nitrogens with two attached hydrogens (primary N) is 1. The summed E-state index contributed by atoms with van der Waals surface area (Å²) < 4.78 is 0. The Morgan fingerprint density at radius 2 is 2.08 bits per heavy atom. The van der Waals surface area contributed by atoms with Crippen molar-refractivity contribution in [1.29, 1.82) is 0 Å². The van der Waals surface area contributed by atoms with Crippen LogP contribution < -0.4 is 10.6 Å². The van der Waals surface area contributed by atoms with E-state index in [2.05, 4.69) is 23.7 Å². The first-order valence-corrected chi connectivity index (χ1v) is 4.25. The maximum absolute atomic E-state index is 5.72. The van der Waals surface area contributed by atoms with Crippen LogP contribution in [0.3, 0.4) is 0 Å². The normalized spacial score (nSPS) is 9.83. The Hall–Kier alpha value is -1.25. The second-order valence-electron chi connectivity index (χ2n) is 2.58. The lowest BCUT2D eigenvalue weighted by molar-refractivity contribution is 0.864. The minimum absolute atomic E-state index is 0.612. The molecule has 0 unspecified atom stereocenters. The van der Waals surface area contributed by atoms with Crippen LogP contribution in [0.2, 0.25) is 0 Å². The summed E-state index contributed by atoms with van der Waals surface area (Å²) in [6.07, 6.45) is 1.71. The monoisotopic (exact) mass is 165 g/mol. The number of rotatable bonds is 3. The third kappa shape index (κ3) is 1.67. The minimum atomic E-state index is 0.612. The molecule has 0 amide bonds. The van der Waals surface area contributed by atoms with E-state index >= 15 is 0 Å². The molecule has 0 atom stereocenters. The average Bonchev–Trinajstić information content (AvgIpc) is 2.10. The van der Waals surface area contributed by atoms with E-state index in [1.165, 1.54) is 0 Å². The summed E-state index contributed by atoms with van der Waals surface area (Å²) in [5, 5.41) is 0. The van der Waals surface area contributed by atoms with E-state index in [9.17, 15) is 0 Å². The smallest absolute Gasteiger partial charge is 0.146 e. The first-order chi connectivity index (χ1) is 5.79. The summed E-state index contributed by atoms with van der Waals surface area (Å²) in [5.74, 6) is 0.612. The molecule has 3 heteroatoms. The van der Waals surface area contributed by atoms with Gasteiger partial charge in [-0.3, -0.25) is 0 Å². The molecule has 0 radical (unpaired) electrons. The van der Waals surface area contributed by atoms with E-state index in [0.717, 1.165) is 18.8 Å².